The second-order valence-corrected chi connectivity index (χ2v) is 3.88. The molecule has 0 saturated carbocycles. The minimum Gasteiger partial charge on any atom is -0.376 e. The summed E-state index contributed by atoms with van der Waals surface area (Å²) in [6.07, 6.45) is 5.65. The van der Waals surface area contributed by atoms with E-state index in [0.717, 1.165) is 25.4 Å². The smallest absolute Gasteiger partial charge is 0.224 e. The third-order valence-corrected chi connectivity index (χ3v) is 2.66. The molecule has 0 amide bonds. The molecule has 1 fully saturated rings. The van der Waals surface area contributed by atoms with Crippen LogP contribution in [0.15, 0.2) is 12.3 Å². The highest BCUT2D eigenvalue weighted by Gasteiger charge is 2.13. The van der Waals surface area contributed by atoms with Crippen molar-refractivity contribution >= 4 is 11.8 Å². The molecular weight excluding hydrogens is 204 g/mol. The lowest BCUT2D eigenvalue weighted by atomic mass is 10.1. The Kier molecular flexibility index (Phi) is 3.93. The van der Waals surface area contributed by atoms with E-state index in [2.05, 4.69) is 20.6 Å². The largest absolute Gasteiger partial charge is 0.376 e. The van der Waals surface area contributed by atoms with Gasteiger partial charge in [-0.25, -0.2) is 4.98 Å². The van der Waals surface area contributed by atoms with Crippen molar-refractivity contribution in [2.45, 2.75) is 25.4 Å². The lowest BCUT2D eigenvalue weighted by molar-refractivity contribution is 0.0247. The number of nitrogens with one attached hydrogen (secondary N) is 2. The number of rotatable bonds is 4. The van der Waals surface area contributed by atoms with Gasteiger partial charge < -0.3 is 15.4 Å². The highest BCUT2D eigenvalue weighted by Crippen LogP contribution is 2.13. The van der Waals surface area contributed by atoms with E-state index in [0.29, 0.717) is 12.1 Å². The van der Waals surface area contributed by atoms with Gasteiger partial charge in [0.1, 0.15) is 5.82 Å². The Morgan fingerprint density at radius 2 is 2.44 bits per heavy atom. The van der Waals surface area contributed by atoms with Gasteiger partial charge in [0.05, 0.1) is 6.10 Å². The molecule has 1 atom stereocenters. The third-order valence-electron chi connectivity index (χ3n) is 2.66. The lowest BCUT2D eigenvalue weighted by Gasteiger charge is -2.22. The maximum Gasteiger partial charge on any atom is 0.224 e. The number of hydrogen-bond donors (Lipinski definition) is 2. The number of nitrogens with zero attached hydrogens (tertiary/aromatic N) is 2. The van der Waals surface area contributed by atoms with Crippen LogP contribution in [0.4, 0.5) is 11.8 Å². The van der Waals surface area contributed by atoms with E-state index in [9.17, 15) is 0 Å². The van der Waals surface area contributed by atoms with Crippen LogP contribution in [0.5, 0.6) is 0 Å². The molecular formula is C11H18N4O. The molecule has 1 aliphatic heterocycles. The van der Waals surface area contributed by atoms with Crippen LogP contribution < -0.4 is 10.6 Å². The Morgan fingerprint density at radius 1 is 1.50 bits per heavy atom. The van der Waals surface area contributed by atoms with Gasteiger partial charge in [-0.1, -0.05) is 0 Å². The highest BCUT2D eigenvalue weighted by atomic mass is 16.5. The Labute approximate surface area is 95.6 Å². The second kappa shape index (κ2) is 5.65. The maximum atomic E-state index is 5.63. The van der Waals surface area contributed by atoms with Crippen molar-refractivity contribution in [2.75, 3.05) is 30.8 Å². The summed E-state index contributed by atoms with van der Waals surface area (Å²) in [4.78, 5) is 8.35. The van der Waals surface area contributed by atoms with Gasteiger partial charge in [0.25, 0.3) is 0 Å². The van der Waals surface area contributed by atoms with E-state index < -0.39 is 0 Å². The first kappa shape index (κ1) is 11.1. The fourth-order valence-corrected chi connectivity index (χ4v) is 1.76. The molecule has 0 bridgehead atoms. The van der Waals surface area contributed by atoms with Crippen LogP contribution in [0.2, 0.25) is 0 Å². The average Bonchev–Trinajstić information content (AvgIpc) is 2.38. The Balaban J connectivity index is 1.83. The normalized spacial score (nSPS) is 20.4. The highest BCUT2D eigenvalue weighted by molar-refractivity contribution is 5.39. The molecule has 1 aromatic rings. The molecule has 0 aliphatic carbocycles. The van der Waals surface area contributed by atoms with Crippen molar-refractivity contribution in [3.63, 3.8) is 0 Å². The second-order valence-electron chi connectivity index (χ2n) is 3.88. The van der Waals surface area contributed by atoms with Gasteiger partial charge in [-0.05, 0) is 25.3 Å². The summed E-state index contributed by atoms with van der Waals surface area (Å²) in [5, 5.41) is 6.18. The molecule has 5 nitrogen and oxygen atoms in total. The first-order valence-electron chi connectivity index (χ1n) is 5.75. The van der Waals surface area contributed by atoms with Crippen molar-refractivity contribution in [3.05, 3.63) is 12.3 Å². The SMILES string of the molecule is CNc1nccc(NCC2CCCCO2)n1. The summed E-state index contributed by atoms with van der Waals surface area (Å²) in [5.74, 6) is 1.48. The van der Waals surface area contributed by atoms with E-state index in [1.54, 1.807) is 6.20 Å². The topological polar surface area (TPSA) is 59.1 Å². The Morgan fingerprint density at radius 3 is 3.19 bits per heavy atom. The molecule has 1 unspecified atom stereocenters. The van der Waals surface area contributed by atoms with Crippen molar-refractivity contribution in [2.24, 2.45) is 0 Å². The van der Waals surface area contributed by atoms with Gasteiger partial charge in [0, 0.05) is 26.4 Å². The molecule has 1 aliphatic rings. The molecule has 1 saturated heterocycles. The van der Waals surface area contributed by atoms with E-state index in [1.165, 1.54) is 12.8 Å². The zero-order chi connectivity index (χ0) is 11.2. The lowest BCUT2D eigenvalue weighted by Crippen LogP contribution is -2.27. The van der Waals surface area contributed by atoms with Gasteiger partial charge in [0.15, 0.2) is 0 Å². The van der Waals surface area contributed by atoms with Gasteiger partial charge >= 0.3 is 0 Å². The number of aromatic nitrogens is 2. The molecule has 88 valence electrons. The van der Waals surface area contributed by atoms with Crippen molar-refractivity contribution in [1.29, 1.82) is 0 Å². The van der Waals surface area contributed by atoms with Crippen molar-refractivity contribution in [1.82, 2.24) is 9.97 Å². The fourth-order valence-electron chi connectivity index (χ4n) is 1.76. The minimum absolute atomic E-state index is 0.321. The van der Waals surface area contributed by atoms with Crippen molar-refractivity contribution in [3.8, 4) is 0 Å². The van der Waals surface area contributed by atoms with Gasteiger partial charge in [-0.15, -0.1) is 0 Å². The molecule has 2 N–H and O–H groups in total. The van der Waals surface area contributed by atoms with Gasteiger partial charge in [-0.3, -0.25) is 0 Å². The fraction of sp³-hybridized carbons (Fsp3) is 0.636. The van der Waals surface area contributed by atoms with E-state index in [4.69, 9.17) is 4.74 Å². The molecule has 2 rings (SSSR count). The molecule has 0 aromatic carbocycles. The molecule has 0 spiro atoms. The third kappa shape index (κ3) is 3.06. The monoisotopic (exact) mass is 222 g/mol. The number of ether oxygens (including phenoxy) is 1. The first-order valence-corrected chi connectivity index (χ1v) is 5.75. The van der Waals surface area contributed by atoms with Crippen LogP contribution in [0.3, 0.4) is 0 Å². The first-order chi connectivity index (χ1) is 7.88. The number of hydrogen-bond acceptors (Lipinski definition) is 5. The van der Waals surface area contributed by atoms with Crippen LogP contribution in [0.1, 0.15) is 19.3 Å². The summed E-state index contributed by atoms with van der Waals surface area (Å²) in [6, 6.07) is 1.86. The zero-order valence-electron chi connectivity index (χ0n) is 9.57. The van der Waals surface area contributed by atoms with E-state index in [-0.39, 0.29) is 0 Å². The maximum absolute atomic E-state index is 5.63. The molecule has 0 radical (unpaired) electrons. The van der Waals surface area contributed by atoms with Crippen LogP contribution >= 0.6 is 0 Å². The van der Waals surface area contributed by atoms with Crippen LogP contribution in [-0.4, -0.2) is 36.3 Å². The molecule has 5 heteroatoms. The summed E-state index contributed by atoms with van der Waals surface area (Å²) < 4.78 is 5.63. The number of anilines is 2. The predicted molar refractivity (Wildman–Crippen MR) is 63.7 cm³/mol. The summed E-state index contributed by atoms with van der Waals surface area (Å²) >= 11 is 0. The molecule has 1 aromatic heterocycles. The summed E-state index contributed by atoms with van der Waals surface area (Å²) in [6.45, 7) is 1.71. The van der Waals surface area contributed by atoms with Gasteiger partial charge in [-0.2, -0.15) is 4.98 Å². The standard InChI is InChI=1S/C11H18N4O/c1-12-11-13-6-5-10(15-11)14-8-9-4-2-3-7-16-9/h5-6,9H,2-4,7-8H2,1H3,(H2,12,13,14,15). The Bertz CT molecular complexity index is 326. The van der Waals surface area contributed by atoms with Crippen LogP contribution in [-0.2, 0) is 4.74 Å². The Hall–Kier alpha value is -1.36. The molecule has 16 heavy (non-hydrogen) atoms. The van der Waals surface area contributed by atoms with E-state index >= 15 is 0 Å². The summed E-state index contributed by atoms with van der Waals surface area (Å²) in [7, 11) is 1.81. The minimum atomic E-state index is 0.321. The average molecular weight is 222 g/mol. The van der Waals surface area contributed by atoms with E-state index in [1.807, 2.05) is 13.1 Å². The van der Waals surface area contributed by atoms with Crippen LogP contribution in [0, 0.1) is 0 Å². The zero-order valence-corrected chi connectivity index (χ0v) is 9.57. The quantitative estimate of drug-likeness (QED) is 0.808. The van der Waals surface area contributed by atoms with Crippen LogP contribution in [0.25, 0.3) is 0 Å². The summed E-state index contributed by atoms with van der Waals surface area (Å²) in [5.41, 5.74) is 0. The predicted octanol–water partition coefficient (Wildman–Crippen LogP) is 1.50. The van der Waals surface area contributed by atoms with Crippen molar-refractivity contribution < 1.29 is 4.74 Å². The molecule has 2 heterocycles. The van der Waals surface area contributed by atoms with Gasteiger partial charge in [0.2, 0.25) is 5.95 Å².